The van der Waals surface area contributed by atoms with Crippen LogP contribution in [0.15, 0.2) is 77.7 Å². The first-order valence-corrected chi connectivity index (χ1v) is 12.6. The van der Waals surface area contributed by atoms with Gasteiger partial charge in [-0.1, -0.05) is 89.6 Å². The highest BCUT2D eigenvalue weighted by Crippen LogP contribution is 2.38. The van der Waals surface area contributed by atoms with E-state index in [0.29, 0.717) is 30.7 Å². The molecule has 35 heavy (non-hydrogen) atoms. The van der Waals surface area contributed by atoms with E-state index >= 15 is 0 Å². The molecule has 0 spiro atoms. The summed E-state index contributed by atoms with van der Waals surface area (Å²) < 4.78 is 6.15. The van der Waals surface area contributed by atoms with Crippen LogP contribution in [0, 0.1) is 0 Å². The largest absolute Gasteiger partial charge is 0.484 e. The number of nitrogens with zero attached hydrogens (tertiary/aromatic N) is 1. The van der Waals surface area contributed by atoms with E-state index in [1.807, 2.05) is 43.3 Å². The van der Waals surface area contributed by atoms with E-state index in [2.05, 4.69) is 5.32 Å². The molecule has 1 N–H and O–H groups in total. The van der Waals surface area contributed by atoms with Crippen molar-refractivity contribution in [3.63, 3.8) is 0 Å². The van der Waals surface area contributed by atoms with Gasteiger partial charge >= 0.3 is 0 Å². The van der Waals surface area contributed by atoms with Crippen molar-refractivity contribution in [1.82, 2.24) is 4.90 Å². The quantitative estimate of drug-likeness (QED) is 0.258. The zero-order valence-corrected chi connectivity index (χ0v) is 21.7. The number of hydrogen-bond acceptors (Lipinski definition) is 5. The lowest BCUT2D eigenvalue weighted by atomic mass is 10.1. The van der Waals surface area contributed by atoms with E-state index in [1.165, 1.54) is 11.8 Å². The maximum atomic E-state index is 13.1. The number of amides is 2. The van der Waals surface area contributed by atoms with Gasteiger partial charge in [0.2, 0.25) is 0 Å². The number of thiocarbonyl (C=S) groups is 1. The maximum Gasteiger partial charge on any atom is 0.266 e. The Bertz CT molecular complexity index is 1310. The highest BCUT2D eigenvalue weighted by Gasteiger charge is 2.35. The van der Waals surface area contributed by atoms with Crippen LogP contribution in [0.2, 0.25) is 10.0 Å². The van der Waals surface area contributed by atoms with Crippen LogP contribution < -0.4 is 10.1 Å². The maximum absolute atomic E-state index is 13.1. The van der Waals surface area contributed by atoms with Gasteiger partial charge < -0.3 is 10.1 Å². The number of nitrogens with one attached hydrogen (secondary N) is 1. The Kier molecular flexibility index (Phi) is 8.13. The SMILES string of the molecule is C[C@H](c1ccccc1)N1C(=O)/C(=C/c2cccc(OCC(=O)Nc3ccc(Cl)cc3Cl)c2)SC1=S. The van der Waals surface area contributed by atoms with Gasteiger partial charge in [0.15, 0.2) is 6.61 Å². The molecule has 2 amide bonds. The molecule has 0 unspecified atom stereocenters. The minimum absolute atomic E-state index is 0.137. The zero-order valence-electron chi connectivity index (χ0n) is 18.5. The van der Waals surface area contributed by atoms with Crippen molar-refractivity contribution in [2.75, 3.05) is 11.9 Å². The average molecular weight is 543 g/mol. The van der Waals surface area contributed by atoms with Crippen LogP contribution >= 0.6 is 47.2 Å². The monoisotopic (exact) mass is 542 g/mol. The molecule has 3 aromatic rings. The molecular formula is C26H20Cl2N2O3S2. The van der Waals surface area contributed by atoms with Gasteiger partial charge in [-0.15, -0.1) is 0 Å². The lowest BCUT2D eigenvalue weighted by molar-refractivity contribution is -0.123. The Hall–Kier alpha value is -2.84. The number of hydrogen-bond donors (Lipinski definition) is 1. The summed E-state index contributed by atoms with van der Waals surface area (Å²) in [6.45, 7) is 1.75. The molecule has 9 heteroatoms. The van der Waals surface area contributed by atoms with Gasteiger partial charge in [-0.05, 0) is 54.5 Å². The summed E-state index contributed by atoms with van der Waals surface area (Å²) in [6, 6.07) is 21.6. The van der Waals surface area contributed by atoms with Crippen LogP contribution in [0.4, 0.5) is 5.69 Å². The highest BCUT2D eigenvalue weighted by molar-refractivity contribution is 8.26. The van der Waals surface area contributed by atoms with Crippen molar-refractivity contribution < 1.29 is 14.3 Å². The predicted molar refractivity (Wildman–Crippen MR) is 147 cm³/mol. The molecule has 1 heterocycles. The number of anilines is 1. The second kappa shape index (κ2) is 11.3. The molecule has 0 aliphatic carbocycles. The third kappa shape index (κ3) is 6.24. The van der Waals surface area contributed by atoms with Crippen molar-refractivity contribution in [3.05, 3.63) is 98.9 Å². The second-order valence-corrected chi connectivity index (χ2v) is 10.2. The van der Waals surface area contributed by atoms with E-state index in [4.69, 9.17) is 40.2 Å². The van der Waals surface area contributed by atoms with Gasteiger partial charge in [-0.2, -0.15) is 0 Å². The summed E-state index contributed by atoms with van der Waals surface area (Å²) >= 11 is 18.7. The van der Waals surface area contributed by atoms with Gasteiger partial charge in [-0.25, -0.2) is 0 Å². The van der Waals surface area contributed by atoms with E-state index in [-0.39, 0.29) is 24.5 Å². The van der Waals surface area contributed by atoms with Gasteiger partial charge in [0, 0.05) is 5.02 Å². The zero-order chi connectivity index (χ0) is 24.9. The van der Waals surface area contributed by atoms with E-state index in [1.54, 1.807) is 47.4 Å². The summed E-state index contributed by atoms with van der Waals surface area (Å²) in [5.74, 6) is -0.0125. The Labute approximate surface area is 223 Å². The lowest BCUT2D eigenvalue weighted by Crippen LogP contribution is -2.30. The number of thioether (sulfide) groups is 1. The minimum Gasteiger partial charge on any atom is -0.484 e. The van der Waals surface area contributed by atoms with Gasteiger partial charge in [-0.3, -0.25) is 14.5 Å². The first-order chi connectivity index (χ1) is 16.8. The molecule has 1 atom stereocenters. The Morgan fingerprint density at radius 3 is 2.63 bits per heavy atom. The van der Waals surface area contributed by atoms with Gasteiger partial charge in [0.1, 0.15) is 10.1 Å². The van der Waals surface area contributed by atoms with Gasteiger partial charge in [0.05, 0.1) is 21.7 Å². The molecule has 4 rings (SSSR count). The van der Waals surface area contributed by atoms with Crippen molar-refractivity contribution in [3.8, 4) is 5.75 Å². The second-order valence-electron chi connectivity index (χ2n) is 7.67. The van der Waals surface area contributed by atoms with E-state index in [9.17, 15) is 9.59 Å². The van der Waals surface area contributed by atoms with Crippen molar-refractivity contribution in [2.45, 2.75) is 13.0 Å². The summed E-state index contributed by atoms with van der Waals surface area (Å²) in [5, 5.41) is 3.51. The fourth-order valence-corrected chi connectivity index (χ4v) is 5.34. The van der Waals surface area contributed by atoms with Gasteiger partial charge in [0.25, 0.3) is 11.8 Å². The molecule has 0 aromatic heterocycles. The highest BCUT2D eigenvalue weighted by atomic mass is 35.5. The molecular weight excluding hydrogens is 523 g/mol. The fourth-order valence-electron chi connectivity index (χ4n) is 3.47. The van der Waals surface area contributed by atoms with E-state index in [0.717, 1.165) is 11.1 Å². The smallest absolute Gasteiger partial charge is 0.266 e. The summed E-state index contributed by atoms with van der Waals surface area (Å²) in [7, 11) is 0. The van der Waals surface area contributed by atoms with E-state index < -0.39 is 0 Å². The molecule has 1 fully saturated rings. The molecule has 0 bridgehead atoms. The number of halogens is 2. The summed E-state index contributed by atoms with van der Waals surface area (Å²) in [6.07, 6.45) is 1.78. The number of ether oxygens (including phenoxy) is 1. The van der Waals surface area contributed by atoms with Crippen LogP contribution in [0.1, 0.15) is 24.1 Å². The Morgan fingerprint density at radius 2 is 1.89 bits per heavy atom. The molecule has 1 saturated heterocycles. The predicted octanol–water partition coefficient (Wildman–Crippen LogP) is 6.97. The first kappa shape index (κ1) is 25.3. The van der Waals surface area contributed by atoms with Crippen molar-refractivity contribution in [2.24, 2.45) is 0 Å². The minimum atomic E-state index is -0.365. The number of carbonyl (C=O) groups is 2. The number of benzene rings is 3. The normalized spacial score (nSPS) is 15.4. The molecule has 1 aliphatic heterocycles. The fraction of sp³-hybridized carbons (Fsp3) is 0.115. The Balaban J connectivity index is 1.41. The number of carbonyl (C=O) groups excluding carboxylic acids is 2. The third-order valence-electron chi connectivity index (χ3n) is 5.22. The van der Waals surface area contributed by atoms with Crippen molar-refractivity contribution >= 4 is 75.1 Å². The topological polar surface area (TPSA) is 58.6 Å². The molecule has 0 radical (unpaired) electrons. The van der Waals surface area contributed by atoms with Crippen LogP contribution in [-0.4, -0.2) is 27.6 Å². The molecule has 0 saturated carbocycles. The Morgan fingerprint density at radius 1 is 1.11 bits per heavy atom. The number of rotatable bonds is 7. The van der Waals surface area contributed by atoms with Crippen LogP contribution in [-0.2, 0) is 9.59 Å². The van der Waals surface area contributed by atoms with Crippen LogP contribution in [0.25, 0.3) is 6.08 Å². The molecule has 3 aromatic carbocycles. The molecule has 1 aliphatic rings. The molecule has 178 valence electrons. The van der Waals surface area contributed by atoms with Crippen LogP contribution in [0.3, 0.4) is 0 Å². The van der Waals surface area contributed by atoms with Crippen LogP contribution in [0.5, 0.6) is 5.75 Å². The molecule has 5 nitrogen and oxygen atoms in total. The first-order valence-electron chi connectivity index (χ1n) is 10.6. The summed E-state index contributed by atoms with van der Waals surface area (Å²) in [4.78, 5) is 27.5. The summed E-state index contributed by atoms with van der Waals surface area (Å²) in [5.41, 5.74) is 2.22. The van der Waals surface area contributed by atoms with Crippen molar-refractivity contribution in [1.29, 1.82) is 0 Å². The third-order valence-corrected chi connectivity index (χ3v) is 7.10. The standard InChI is InChI=1S/C26H20Cl2N2O3S2/c1-16(18-7-3-2-4-8-18)30-25(32)23(35-26(30)34)13-17-6-5-9-20(12-17)33-15-24(31)29-22-11-10-19(27)14-21(22)28/h2-14,16H,15H2,1H3,(H,29,31)/b23-13-/t16-/m1/s1. The average Bonchev–Trinajstić information content (AvgIpc) is 3.12. The lowest BCUT2D eigenvalue weighted by Gasteiger charge is -2.23.